The fourth-order valence-electron chi connectivity index (χ4n) is 8.71. The number of rotatable bonds is 6. The molecule has 10 rings (SSSR count). The third kappa shape index (κ3) is 4.76. The first-order chi connectivity index (χ1) is 26.5. The molecule has 8 aromatic carbocycles. The molecular formula is C49H34O2P2S. The van der Waals surface area contributed by atoms with Gasteiger partial charge < -0.3 is 9.13 Å². The van der Waals surface area contributed by atoms with Crippen LogP contribution in [-0.2, 0) is 14.5 Å². The first-order valence-corrected chi connectivity index (χ1v) is 22.4. The van der Waals surface area contributed by atoms with Gasteiger partial charge in [0.2, 0.25) is 0 Å². The standard InChI is InChI=1S/C49H34O2P2S/c50-52(35-17-5-1-6-18-35,36-19-7-2-8-20-36)39-29-31-41-42-32-30-40(53(51,37-21-9-3-10-22-37)38-23-11-4-12-24-38)34-46(42)49(45(41)33-39)43-25-13-15-27-47(43)54-48-28-16-14-26-44(48)49/h1-34H. The normalized spacial score (nSPS) is 13.8. The van der Waals surface area contributed by atoms with E-state index in [0.717, 1.165) is 54.1 Å². The molecule has 0 saturated carbocycles. The van der Waals surface area contributed by atoms with E-state index in [1.807, 2.05) is 121 Å². The van der Waals surface area contributed by atoms with E-state index < -0.39 is 19.7 Å². The zero-order chi connectivity index (χ0) is 36.3. The summed E-state index contributed by atoms with van der Waals surface area (Å²) in [6.45, 7) is 0. The van der Waals surface area contributed by atoms with Crippen LogP contribution in [0.25, 0.3) is 11.1 Å². The minimum atomic E-state index is -3.31. The minimum absolute atomic E-state index is 0.758. The van der Waals surface area contributed by atoms with Crippen LogP contribution < -0.4 is 31.8 Å². The van der Waals surface area contributed by atoms with Gasteiger partial charge in [0, 0.05) is 41.6 Å². The lowest BCUT2D eigenvalue weighted by molar-refractivity contribution is 0.591. The van der Waals surface area contributed by atoms with Crippen molar-refractivity contribution in [1.29, 1.82) is 0 Å². The van der Waals surface area contributed by atoms with Gasteiger partial charge in [0.25, 0.3) is 0 Å². The van der Waals surface area contributed by atoms with Crippen LogP contribution in [0.15, 0.2) is 216 Å². The predicted octanol–water partition coefficient (Wildman–Crippen LogP) is 9.79. The molecule has 1 aliphatic heterocycles. The van der Waals surface area contributed by atoms with Crippen LogP contribution in [0.4, 0.5) is 0 Å². The Morgan fingerprint density at radius 1 is 0.315 bits per heavy atom. The van der Waals surface area contributed by atoms with Gasteiger partial charge >= 0.3 is 0 Å². The SMILES string of the molecule is O=P(c1ccccc1)(c1ccccc1)c1ccc2c(c1)C1(c3ccccc3Sc3ccccc31)c1cc(P(=O)(c3ccccc3)c3ccccc3)ccc1-2. The molecule has 2 nitrogen and oxygen atoms in total. The molecule has 1 heterocycles. The Morgan fingerprint density at radius 3 is 0.981 bits per heavy atom. The summed E-state index contributed by atoms with van der Waals surface area (Å²) in [5, 5.41) is 4.78. The summed E-state index contributed by atoms with van der Waals surface area (Å²) in [4.78, 5) is 2.35. The summed E-state index contributed by atoms with van der Waals surface area (Å²) in [6.07, 6.45) is 0. The lowest BCUT2D eigenvalue weighted by atomic mass is 9.67. The molecule has 0 amide bonds. The van der Waals surface area contributed by atoms with Gasteiger partial charge in [0.15, 0.2) is 14.3 Å². The quantitative estimate of drug-likeness (QED) is 0.159. The monoisotopic (exact) mass is 748 g/mol. The van der Waals surface area contributed by atoms with Crippen LogP contribution in [0.2, 0.25) is 0 Å². The second-order valence-corrected chi connectivity index (χ2v) is 20.5. The van der Waals surface area contributed by atoms with Crippen LogP contribution in [0.3, 0.4) is 0 Å². The fourth-order valence-corrected chi connectivity index (χ4v) is 15.3. The minimum Gasteiger partial charge on any atom is -0.309 e. The zero-order valence-electron chi connectivity index (χ0n) is 29.2. The Bertz CT molecular complexity index is 2520. The molecule has 0 bridgehead atoms. The third-order valence-corrected chi connectivity index (χ3v) is 18.4. The van der Waals surface area contributed by atoms with Gasteiger partial charge in [-0.25, -0.2) is 0 Å². The first kappa shape index (κ1) is 33.2. The van der Waals surface area contributed by atoms with Gasteiger partial charge in [-0.1, -0.05) is 194 Å². The summed E-state index contributed by atoms with van der Waals surface area (Å²) in [5.41, 5.74) is 5.96. The maximum Gasteiger partial charge on any atom is 0.171 e. The molecule has 54 heavy (non-hydrogen) atoms. The number of benzene rings is 8. The van der Waals surface area contributed by atoms with Crippen molar-refractivity contribution in [2.24, 2.45) is 0 Å². The average Bonchev–Trinajstić information content (AvgIpc) is 3.53. The highest BCUT2D eigenvalue weighted by atomic mass is 32.2. The summed E-state index contributed by atoms with van der Waals surface area (Å²) in [5.74, 6) is 0. The highest BCUT2D eigenvalue weighted by molar-refractivity contribution is 7.99. The Labute approximate surface area is 320 Å². The van der Waals surface area contributed by atoms with E-state index >= 15 is 9.13 Å². The average molecular weight is 749 g/mol. The lowest BCUT2D eigenvalue weighted by Crippen LogP contribution is -2.34. The van der Waals surface area contributed by atoms with E-state index in [0.29, 0.717) is 0 Å². The molecule has 1 aliphatic carbocycles. The molecule has 0 atom stereocenters. The zero-order valence-corrected chi connectivity index (χ0v) is 31.9. The number of hydrogen-bond acceptors (Lipinski definition) is 3. The molecule has 0 N–H and O–H groups in total. The van der Waals surface area contributed by atoms with Crippen LogP contribution in [0.5, 0.6) is 0 Å². The van der Waals surface area contributed by atoms with E-state index in [2.05, 4.69) is 84.9 Å². The van der Waals surface area contributed by atoms with Gasteiger partial charge in [0.1, 0.15) is 0 Å². The van der Waals surface area contributed by atoms with Crippen LogP contribution in [0.1, 0.15) is 22.3 Å². The maximum absolute atomic E-state index is 15.9. The predicted molar refractivity (Wildman–Crippen MR) is 227 cm³/mol. The molecule has 0 aromatic heterocycles. The molecular weight excluding hydrogens is 715 g/mol. The molecule has 0 fully saturated rings. The van der Waals surface area contributed by atoms with Crippen LogP contribution >= 0.6 is 26.0 Å². The summed E-state index contributed by atoms with van der Waals surface area (Å²) < 4.78 is 31.8. The van der Waals surface area contributed by atoms with E-state index in [9.17, 15) is 0 Å². The van der Waals surface area contributed by atoms with Crippen molar-refractivity contribution in [3.63, 3.8) is 0 Å². The Hall–Kier alpha value is -5.43. The van der Waals surface area contributed by atoms with Crippen molar-refractivity contribution in [3.05, 3.63) is 229 Å². The van der Waals surface area contributed by atoms with Crippen molar-refractivity contribution in [2.75, 3.05) is 0 Å². The summed E-state index contributed by atoms with van der Waals surface area (Å²) in [6, 6.07) is 69.9. The molecule has 8 aromatic rings. The third-order valence-electron chi connectivity index (χ3n) is 11.1. The molecule has 2 aliphatic rings. The van der Waals surface area contributed by atoms with Gasteiger partial charge in [-0.3, -0.25) is 0 Å². The van der Waals surface area contributed by atoms with E-state index in [-0.39, 0.29) is 0 Å². The van der Waals surface area contributed by atoms with E-state index in [1.165, 1.54) is 20.9 Å². The topological polar surface area (TPSA) is 34.1 Å². The Morgan fingerprint density at radius 2 is 0.630 bits per heavy atom. The fraction of sp³-hybridized carbons (Fsp3) is 0.0204. The number of fused-ring (bicyclic) bond motifs is 9. The van der Waals surface area contributed by atoms with Gasteiger partial charge in [0.05, 0.1) is 5.41 Å². The molecule has 1 spiro atoms. The highest BCUT2D eigenvalue weighted by Gasteiger charge is 2.51. The van der Waals surface area contributed by atoms with Crippen LogP contribution in [-0.4, -0.2) is 0 Å². The molecule has 0 unspecified atom stereocenters. The summed E-state index contributed by atoms with van der Waals surface area (Å²) >= 11 is 1.79. The van der Waals surface area contributed by atoms with Gasteiger partial charge in [-0.2, -0.15) is 0 Å². The smallest absolute Gasteiger partial charge is 0.171 e. The van der Waals surface area contributed by atoms with E-state index in [1.54, 1.807) is 11.8 Å². The second-order valence-electron chi connectivity index (χ2n) is 13.9. The maximum atomic E-state index is 15.9. The Kier molecular flexibility index (Phi) is 7.90. The summed E-state index contributed by atoms with van der Waals surface area (Å²) in [7, 11) is -6.61. The van der Waals surface area contributed by atoms with Crippen molar-refractivity contribution in [1.82, 2.24) is 0 Å². The second kappa shape index (κ2) is 12.9. The number of hydrogen-bond donors (Lipinski definition) is 0. The lowest BCUT2D eigenvalue weighted by Gasteiger charge is -2.40. The van der Waals surface area contributed by atoms with Crippen molar-refractivity contribution >= 4 is 57.9 Å². The van der Waals surface area contributed by atoms with Crippen molar-refractivity contribution in [2.45, 2.75) is 15.2 Å². The largest absolute Gasteiger partial charge is 0.309 e. The van der Waals surface area contributed by atoms with Gasteiger partial charge in [-0.15, -0.1) is 0 Å². The van der Waals surface area contributed by atoms with E-state index in [4.69, 9.17) is 0 Å². The molecule has 0 saturated heterocycles. The first-order valence-electron chi connectivity index (χ1n) is 18.1. The molecule has 258 valence electrons. The van der Waals surface area contributed by atoms with Crippen LogP contribution in [0, 0.1) is 0 Å². The Balaban J connectivity index is 1.31. The molecule has 0 radical (unpaired) electrons. The van der Waals surface area contributed by atoms with Crippen molar-refractivity contribution < 1.29 is 9.13 Å². The van der Waals surface area contributed by atoms with Gasteiger partial charge in [-0.05, 0) is 57.6 Å². The van der Waals surface area contributed by atoms with Crippen molar-refractivity contribution in [3.8, 4) is 11.1 Å². The highest BCUT2D eigenvalue weighted by Crippen LogP contribution is 2.63. The molecule has 5 heteroatoms.